The van der Waals surface area contributed by atoms with Gasteiger partial charge in [0.25, 0.3) is 0 Å². The monoisotopic (exact) mass is 516 g/mol. The van der Waals surface area contributed by atoms with Gasteiger partial charge in [-0.25, -0.2) is 0 Å². The van der Waals surface area contributed by atoms with Gasteiger partial charge in [-0.3, -0.25) is 0 Å². The second-order valence-electron chi connectivity index (χ2n) is 11.8. The van der Waals surface area contributed by atoms with Crippen LogP contribution in [0.5, 0.6) is 0 Å². The molecule has 2 unspecified atom stereocenters. The minimum atomic E-state index is -0.663. The van der Waals surface area contributed by atoms with Gasteiger partial charge in [0.05, 0.1) is 12.7 Å². The van der Waals surface area contributed by atoms with Gasteiger partial charge >= 0.3 is 0 Å². The molecule has 2 atom stereocenters. The Balaban J connectivity index is 1.73. The van der Waals surface area contributed by atoms with Crippen LogP contribution in [0, 0.1) is 23.2 Å². The smallest absolute Gasteiger partial charge is 0.118 e. The fourth-order valence-corrected chi connectivity index (χ4v) is 6.57. The van der Waals surface area contributed by atoms with Gasteiger partial charge in [-0.1, -0.05) is 101 Å². The van der Waals surface area contributed by atoms with E-state index in [0.29, 0.717) is 11.8 Å². The van der Waals surface area contributed by atoms with Gasteiger partial charge in [0, 0.05) is 0 Å². The van der Waals surface area contributed by atoms with E-state index in [1.54, 1.807) is 0 Å². The highest BCUT2D eigenvalue weighted by atomic mass is 35.5. The van der Waals surface area contributed by atoms with Crippen molar-refractivity contribution in [1.29, 1.82) is 0 Å². The maximum absolute atomic E-state index is 6.86. The van der Waals surface area contributed by atoms with Crippen molar-refractivity contribution in [3.63, 3.8) is 0 Å². The van der Waals surface area contributed by atoms with E-state index in [1.807, 2.05) is 0 Å². The van der Waals surface area contributed by atoms with Crippen LogP contribution in [-0.4, -0.2) is 10.9 Å². The average molecular weight is 518 g/mol. The first kappa shape index (κ1) is 28.5. The first-order valence-electron chi connectivity index (χ1n) is 13.8. The molecule has 0 amide bonds. The lowest BCUT2D eigenvalue weighted by atomic mass is 9.66. The molecule has 1 saturated carbocycles. The van der Waals surface area contributed by atoms with E-state index in [-0.39, 0.29) is 11.5 Å². The molecule has 3 heteroatoms. The predicted molar refractivity (Wildman–Crippen MR) is 152 cm³/mol. The Morgan fingerprint density at radius 3 is 2.09 bits per heavy atom. The molecule has 2 aromatic carbocycles. The summed E-state index contributed by atoms with van der Waals surface area (Å²) in [6, 6.07) is 21.5. The molecule has 0 bridgehead atoms. The van der Waals surface area contributed by atoms with E-state index >= 15 is 0 Å². The second kappa shape index (κ2) is 13.5. The van der Waals surface area contributed by atoms with E-state index in [4.69, 9.17) is 27.9 Å². The number of hydrogen-bond acceptors (Lipinski definition) is 1. The Bertz CT molecular complexity index is 842. The molecule has 0 spiro atoms. The zero-order chi connectivity index (χ0) is 25.3. The van der Waals surface area contributed by atoms with Crippen molar-refractivity contribution in [1.82, 2.24) is 0 Å². The second-order valence-corrected chi connectivity index (χ2v) is 13.4. The lowest BCUT2D eigenvalue weighted by molar-refractivity contribution is -0.0468. The van der Waals surface area contributed by atoms with Crippen LogP contribution in [0.25, 0.3) is 0 Å². The highest BCUT2D eigenvalue weighted by molar-refractivity contribution is 6.48. The molecule has 1 nitrogen and oxygen atoms in total. The number of benzene rings is 2. The average Bonchev–Trinajstić information content (AvgIpc) is 2.84. The summed E-state index contributed by atoms with van der Waals surface area (Å²) in [6.45, 7) is 9.98. The van der Waals surface area contributed by atoms with Gasteiger partial charge in [-0.05, 0) is 79.2 Å². The number of ether oxygens (including phenoxy) is 1. The molecule has 1 fully saturated rings. The lowest BCUT2D eigenvalue weighted by Gasteiger charge is -2.43. The fourth-order valence-electron chi connectivity index (χ4n) is 5.77. The zero-order valence-electron chi connectivity index (χ0n) is 22.3. The minimum absolute atomic E-state index is 0.0753. The van der Waals surface area contributed by atoms with Crippen molar-refractivity contribution in [2.24, 2.45) is 23.2 Å². The van der Waals surface area contributed by atoms with Crippen LogP contribution in [0.2, 0.25) is 0 Å². The Hall–Kier alpha value is -1.02. The van der Waals surface area contributed by atoms with Crippen LogP contribution in [0.15, 0.2) is 60.7 Å². The van der Waals surface area contributed by atoms with Crippen LogP contribution in [-0.2, 0) is 11.2 Å². The van der Waals surface area contributed by atoms with E-state index in [1.165, 1.54) is 36.8 Å². The predicted octanol–water partition coefficient (Wildman–Crippen LogP) is 10.2. The summed E-state index contributed by atoms with van der Waals surface area (Å²) in [7, 11) is 0. The fraction of sp³-hybridized carbons (Fsp3) is 0.625. The van der Waals surface area contributed by atoms with E-state index in [9.17, 15) is 0 Å². The first-order chi connectivity index (χ1) is 16.7. The molecule has 0 N–H and O–H groups in total. The molecule has 3 rings (SSSR count). The Morgan fingerprint density at radius 1 is 0.886 bits per heavy atom. The number of rotatable bonds is 13. The van der Waals surface area contributed by atoms with Gasteiger partial charge in [0.2, 0.25) is 0 Å². The number of hydrogen-bond donors (Lipinski definition) is 0. The molecule has 2 aromatic rings. The standard InChI is InChI=1S/C32H46Cl2O/c1-25(2)23-32(33,34)22-21-31(4,29-18-15-26(3)16-19-29)24-35-30(28-13-9-6-10-14-28)20-17-27-11-7-5-8-12-27/h5-14,25-26,29-30H,15-24H2,1-4H3. The van der Waals surface area contributed by atoms with Crippen molar-refractivity contribution in [2.75, 3.05) is 6.61 Å². The van der Waals surface area contributed by atoms with Crippen molar-refractivity contribution in [3.8, 4) is 0 Å². The molecule has 35 heavy (non-hydrogen) atoms. The van der Waals surface area contributed by atoms with Crippen molar-refractivity contribution in [3.05, 3.63) is 71.8 Å². The summed E-state index contributed by atoms with van der Waals surface area (Å²) in [6.07, 6.45) is 9.93. The highest BCUT2D eigenvalue weighted by Gasteiger charge is 2.39. The maximum Gasteiger partial charge on any atom is 0.118 e. The Morgan fingerprint density at radius 2 is 1.49 bits per heavy atom. The third-order valence-corrected chi connectivity index (χ3v) is 8.78. The van der Waals surface area contributed by atoms with Gasteiger partial charge in [-0.15, -0.1) is 23.2 Å². The molecule has 0 heterocycles. The summed E-state index contributed by atoms with van der Waals surface area (Å²) in [5.74, 6) is 1.98. The number of aryl methyl sites for hydroxylation is 1. The summed E-state index contributed by atoms with van der Waals surface area (Å²) >= 11 is 13.6. The maximum atomic E-state index is 6.86. The largest absolute Gasteiger partial charge is 0.373 e. The number of halogens is 2. The third-order valence-electron chi connectivity index (χ3n) is 8.09. The van der Waals surface area contributed by atoms with Crippen molar-refractivity contribution in [2.45, 2.75) is 95.9 Å². The number of alkyl halides is 2. The summed E-state index contributed by atoms with van der Waals surface area (Å²) in [5, 5.41) is 0. The van der Waals surface area contributed by atoms with E-state index in [0.717, 1.165) is 44.6 Å². The van der Waals surface area contributed by atoms with Crippen molar-refractivity contribution < 1.29 is 4.74 Å². The van der Waals surface area contributed by atoms with Gasteiger partial charge in [0.15, 0.2) is 0 Å². The lowest BCUT2D eigenvalue weighted by Crippen LogP contribution is -2.37. The van der Waals surface area contributed by atoms with Gasteiger partial charge in [0.1, 0.15) is 4.33 Å². The Labute approximate surface area is 225 Å². The highest BCUT2D eigenvalue weighted by Crippen LogP contribution is 2.47. The zero-order valence-corrected chi connectivity index (χ0v) is 23.8. The molecule has 1 aliphatic rings. The molecule has 0 aliphatic heterocycles. The van der Waals surface area contributed by atoms with E-state index in [2.05, 4.69) is 88.4 Å². The topological polar surface area (TPSA) is 9.23 Å². The molecule has 194 valence electrons. The van der Waals surface area contributed by atoms with Crippen LogP contribution < -0.4 is 0 Å². The molecule has 1 aliphatic carbocycles. The van der Waals surface area contributed by atoms with Crippen LogP contribution in [0.1, 0.15) is 96.3 Å². The molecular weight excluding hydrogens is 471 g/mol. The molecule has 0 radical (unpaired) electrons. The van der Waals surface area contributed by atoms with Gasteiger partial charge < -0.3 is 4.74 Å². The van der Waals surface area contributed by atoms with Crippen LogP contribution in [0.4, 0.5) is 0 Å². The van der Waals surface area contributed by atoms with E-state index < -0.39 is 4.33 Å². The molecule has 0 saturated heterocycles. The summed E-state index contributed by atoms with van der Waals surface area (Å²) in [4.78, 5) is 0. The molecule has 0 aromatic heterocycles. The summed E-state index contributed by atoms with van der Waals surface area (Å²) in [5.41, 5.74) is 2.71. The third kappa shape index (κ3) is 9.42. The molecular formula is C32H46Cl2O. The van der Waals surface area contributed by atoms with Crippen molar-refractivity contribution >= 4 is 23.2 Å². The van der Waals surface area contributed by atoms with Crippen LogP contribution in [0.3, 0.4) is 0 Å². The van der Waals surface area contributed by atoms with Gasteiger partial charge in [-0.2, -0.15) is 0 Å². The first-order valence-corrected chi connectivity index (χ1v) is 14.5. The SMILES string of the molecule is CC(C)CC(Cl)(Cl)CCC(C)(COC(CCc1ccccc1)c1ccccc1)C1CCC(C)CC1. The minimum Gasteiger partial charge on any atom is -0.373 e. The normalized spacial score (nSPS) is 21.6. The quantitative estimate of drug-likeness (QED) is 0.240. The Kier molecular flexibility index (Phi) is 11.0. The summed E-state index contributed by atoms with van der Waals surface area (Å²) < 4.78 is 6.19. The van der Waals surface area contributed by atoms with Crippen LogP contribution >= 0.6 is 23.2 Å².